The molecule has 1 aromatic heterocycles. The number of quaternary nitrogens is 1. The van der Waals surface area contributed by atoms with Crippen LogP contribution in [0.25, 0.3) is 0 Å². The van der Waals surface area contributed by atoms with Crippen molar-refractivity contribution >= 4 is 36.4 Å². The van der Waals surface area contributed by atoms with Crippen molar-refractivity contribution in [2.75, 3.05) is 20.6 Å². The number of halogens is 3. The third-order valence-corrected chi connectivity index (χ3v) is 3.53. The molecule has 0 saturated carbocycles. The van der Waals surface area contributed by atoms with Crippen molar-refractivity contribution < 1.29 is 4.65 Å². The van der Waals surface area contributed by atoms with Crippen LogP contribution >= 0.6 is 36.4 Å². The zero-order valence-electron chi connectivity index (χ0n) is 12.6. The zero-order chi connectivity index (χ0) is 14.6. The summed E-state index contributed by atoms with van der Waals surface area (Å²) in [5.74, 6) is 0.125. The van der Waals surface area contributed by atoms with Crippen molar-refractivity contribution in [2.24, 2.45) is 0 Å². The minimum absolute atomic E-state index is 0. The highest BCUT2D eigenvalue weighted by molar-refractivity contribution is 6.30. The van der Waals surface area contributed by atoms with Gasteiger partial charge < -0.3 is 9.85 Å². The van der Waals surface area contributed by atoms with E-state index in [1.165, 1.54) is 0 Å². The standard InChI is InChI=1S/C16H19ClN2O.2ClH/c1-19(2,20)12-10-15(16-5-3-4-11-18-16)13-6-8-14(17)9-7-13;;/h3-9,11,15H,10,12H2,1-2H3;2*1H/t15-;;/m0../s1. The number of hydrogen-bond acceptors (Lipinski definition) is 2. The van der Waals surface area contributed by atoms with Gasteiger partial charge in [0.25, 0.3) is 0 Å². The summed E-state index contributed by atoms with van der Waals surface area (Å²) < 4.78 is -0.295. The van der Waals surface area contributed by atoms with E-state index in [9.17, 15) is 5.21 Å². The molecule has 0 N–H and O–H groups in total. The van der Waals surface area contributed by atoms with Gasteiger partial charge >= 0.3 is 0 Å². The maximum Gasteiger partial charge on any atom is 0.0789 e. The molecule has 22 heavy (non-hydrogen) atoms. The molecular weight excluding hydrogens is 343 g/mol. The smallest absolute Gasteiger partial charge is 0.0789 e. The van der Waals surface area contributed by atoms with Crippen LogP contribution in [0.5, 0.6) is 0 Å². The molecule has 0 spiro atoms. The Morgan fingerprint density at radius 1 is 1.09 bits per heavy atom. The van der Waals surface area contributed by atoms with Gasteiger partial charge in [-0.2, -0.15) is 0 Å². The second-order valence-corrected chi connectivity index (χ2v) is 5.88. The van der Waals surface area contributed by atoms with Gasteiger partial charge in [0.05, 0.1) is 20.6 Å². The van der Waals surface area contributed by atoms with Crippen molar-refractivity contribution in [3.05, 3.63) is 70.1 Å². The summed E-state index contributed by atoms with van der Waals surface area (Å²) in [7, 11) is 3.33. The molecule has 3 nitrogen and oxygen atoms in total. The first-order valence-corrected chi connectivity index (χ1v) is 7.04. The molecule has 0 bridgehead atoms. The summed E-state index contributed by atoms with van der Waals surface area (Å²) in [6.07, 6.45) is 2.55. The van der Waals surface area contributed by atoms with E-state index in [1.807, 2.05) is 42.5 Å². The molecule has 0 unspecified atom stereocenters. The lowest BCUT2D eigenvalue weighted by molar-refractivity contribution is -0.840. The number of benzene rings is 1. The Labute approximate surface area is 149 Å². The van der Waals surface area contributed by atoms with Gasteiger partial charge in [-0.3, -0.25) is 4.98 Å². The summed E-state index contributed by atoms with van der Waals surface area (Å²) in [6, 6.07) is 13.6. The molecule has 1 heterocycles. The van der Waals surface area contributed by atoms with Crippen LogP contribution in [0.3, 0.4) is 0 Å². The van der Waals surface area contributed by atoms with Crippen LogP contribution in [0, 0.1) is 5.21 Å². The number of hydrogen-bond donors (Lipinski definition) is 0. The predicted molar refractivity (Wildman–Crippen MR) is 97.0 cm³/mol. The monoisotopic (exact) mass is 362 g/mol. The molecule has 0 amide bonds. The summed E-state index contributed by atoms with van der Waals surface area (Å²) in [4.78, 5) is 4.44. The maximum absolute atomic E-state index is 11.8. The first-order chi connectivity index (χ1) is 9.46. The Balaban J connectivity index is 0.00000220. The first-order valence-electron chi connectivity index (χ1n) is 6.66. The van der Waals surface area contributed by atoms with Crippen LogP contribution in [-0.2, 0) is 0 Å². The summed E-state index contributed by atoms with van der Waals surface area (Å²) in [5, 5.41) is 12.5. The second kappa shape index (κ2) is 9.33. The quantitative estimate of drug-likeness (QED) is 0.571. The Hall–Kier alpha value is -0.840. The molecule has 0 fully saturated rings. The SMILES string of the molecule is C[N+](C)([O-])CC[C@@H](c1ccc(Cl)cc1)c1ccccn1.Cl.Cl. The van der Waals surface area contributed by atoms with E-state index >= 15 is 0 Å². The number of rotatable bonds is 5. The van der Waals surface area contributed by atoms with Crippen molar-refractivity contribution in [2.45, 2.75) is 12.3 Å². The van der Waals surface area contributed by atoms with Gasteiger partial charge in [0.1, 0.15) is 0 Å². The second-order valence-electron chi connectivity index (χ2n) is 5.44. The van der Waals surface area contributed by atoms with E-state index in [4.69, 9.17) is 11.6 Å². The van der Waals surface area contributed by atoms with Gasteiger partial charge in [-0.15, -0.1) is 24.8 Å². The normalized spacial score (nSPS) is 12.0. The molecule has 6 heteroatoms. The molecule has 0 aliphatic heterocycles. The van der Waals surface area contributed by atoms with Crippen molar-refractivity contribution in [3.8, 4) is 0 Å². The number of pyridine rings is 1. The minimum atomic E-state index is -0.295. The zero-order valence-corrected chi connectivity index (χ0v) is 15.0. The fourth-order valence-electron chi connectivity index (χ4n) is 2.20. The molecule has 122 valence electrons. The van der Waals surface area contributed by atoms with Crippen LogP contribution in [-0.4, -0.2) is 30.3 Å². The highest BCUT2D eigenvalue weighted by Gasteiger charge is 2.18. The van der Waals surface area contributed by atoms with Crippen LogP contribution in [0.4, 0.5) is 0 Å². The third-order valence-electron chi connectivity index (χ3n) is 3.27. The van der Waals surface area contributed by atoms with Crippen LogP contribution < -0.4 is 0 Å². The molecular formula is C16H21Cl3N2O. The van der Waals surface area contributed by atoms with E-state index in [0.717, 1.165) is 17.7 Å². The minimum Gasteiger partial charge on any atom is -0.633 e. The fraction of sp³-hybridized carbons (Fsp3) is 0.312. The van der Waals surface area contributed by atoms with Gasteiger partial charge in [-0.05, 0) is 29.8 Å². The van der Waals surface area contributed by atoms with Crippen LogP contribution in [0.15, 0.2) is 48.7 Å². The van der Waals surface area contributed by atoms with E-state index in [0.29, 0.717) is 11.6 Å². The fourth-order valence-corrected chi connectivity index (χ4v) is 2.33. The van der Waals surface area contributed by atoms with Crippen LogP contribution in [0.2, 0.25) is 5.02 Å². The van der Waals surface area contributed by atoms with E-state index in [1.54, 1.807) is 20.3 Å². The Morgan fingerprint density at radius 2 is 1.73 bits per heavy atom. The highest BCUT2D eigenvalue weighted by atomic mass is 35.5. The largest absolute Gasteiger partial charge is 0.633 e. The number of nitrogens with zero attached hydrogens (tertiary/aromatic N) is 2. The summed E-state index contributed by atoms with van der Waals surface area (Å²) >= 11 is 5.94. The van der Waals surface area contributed by atoms with Gasteiger partial charge in [0.2, 0.25) is 0 Å². The highest BCUT2D eigenvalue weighted by Crippen LogP contribution is 2.28. The molecule has 2 rings (SSSR count). The van der Waals surface area contributed by atoms with Gasteiger partial charge in [-0.1, -0.05) is 29.8 Å². The molecule has 0 saturated heterocycles. The maximum atomic E-state index is 11.8. The lowest BCUT2D eigenvalue weighted by Crippen LogP contribution is -2.34. The Bertz CT molecular complexity index is 542. The van der Waals surface area contributed by atoms with Crippen molar-refractivity contribution in [3.63, 3.8) is 0 Å². The average molecular weight is 364 g/mol. The van der Waals surface area contributed by atoms with Gasteiger partial charge in [-0.25, -0.2) is 0 Å². The topological polar surface area (TPSA) is 36.0 Å². The molecule has 0 aliphatic carbocycles. The summed E-state index contributed by atoms with van der Waals surface area (Å²) in [6.45, 7) is 0.546. The molecule has 1 aromatic carbocycles. The third kappa shape index (κ3) is 6.51. The van der Waals surface area contributed by atoms with E-state index in [-0.39, 0.29) is 35.4 Å². The molecule has 0 radical (unpaired) electrons. The summed E-state index contributed by atoms with van der Waals surface area (Å²) in [5.41, 5.74) is 2.13. The number of hydroxylamine groups is 3. The van der Waals surface area contributed by atoms with Crippen molar-refractivity contribution in [1.82, 2.24) is 4.98 Å². The lowest BCUT2D eigenvalue weighted by atomic mass is 9.92. The Morgan fingerprint density at radius 3 is 2.23 bits per heavy atom. The van der Waals surface area contributed by atoms with E-state index < -0.39 is 0 Å². The molecule has 1 atom stereocenters. The van der Waals surface area contributed by atoms with E-state index in [2.05, 4.69) is 4.98 Å². The predicted octanol–water partition coefficient (Wildman–Crippen LogP) is 4.67. The molecule has 2 aromatic rings. The average Bonchev–Trinajstić information content (AvgIpc) is 2.41. The van der Waals surface area contributed by atoms with Crippen LogP contribution in [0.1, 0.15) is 23.6 Å². The van der Waals surface area contributed by atoms with Gasteiger partial charge in [0.15, 0.2) is 0 Å². The lowest BCUT2D eigenvalue weighted by Gasteiger charge is -2.35. The number of aromatic nitrogens is 1. The van der Waals surface area contributed by atoms with Crippen molar-refractivity contribution in [1.29, 1.82) is 0 Å². The first kappa shape index (κ1) is 21.2. The molecule has 0 aliphatic rings. The Kier molecular flexibility index (Phi) is 8.98. The van der Waals surface area contributed by atoms with Gasteiger partial charge in [0, 0.05) is 29.3 Å².